The second kappa shape index (κ2) is 8.06. The maximum Gasteiger partial charge on any atom is 0.255 e. The number of nitrogens with zero attached hydrogens (tertiary/aromatic N) is 3. The van der Waals surface area contributed by atoms with Crippen molar-refractivity contribution < 1.29 is 9.00 Å². The van der Waals surface area contributed by atoms with Crippen LogP contribution in [0.15, 0.2) is 53.4 Å². The molecule has 28 heavy (non-hydrogen) atoms. The van der Waals surface area contributed by atoms with Crippen molar-refractivity contribution in [2.45, 2.75) is 37.1 Å². The van der Waals surface area contributed by atoms with Crippen molar-refractivity contribution in [2.75, 3.05) is 11.6 Å². The summed E-state index contributed by atoms with van der Waals surface area (Å²) in [7, 11) is -1.06. The van der Waals surface area contributed by atoms with Crippen molar-refractivity contribution in [3.05, 3.63) is 59.9 Å². The van der Waals surface area contributed by atoms with Crippen molar-refractivity contribution in [3.63, 3.8) is 0 Å². The molecule has 1 aliphatic rings. The van der Waals surface area contributed by atoms with Crippen LogP contribution in [-0.4, -0.2) is 31.1 Å². The van der Waals surface area contributed by atoms with Crippen LogP contribution in [-0.2, 0) is 23.8 Å². The van der Waals surface area contributed by atoms with Gasteiger partial charge >= 0.3 is 0 Å². The van der Waals surface area contributed by atoms with Crippen LogP contribution in [0.1, 0.15) is 35.4 Å². The molecule has 0 bridgehead atoms. The predicted octanol–water partition coefficient (Wildman–Crippen LogP) is 3.66. The van der Waals surface area contributed by atoms with Gasteiger partial charge < -0.3 is 9.88 Å². The Morgan fingerprint density at radius 2 is 1.89 bits per heavy atom. The van der Waals surface area contributed by atoms with Crippen molar-refractivity contribution in [2.24, 2.45) is 0 Å². The molecule has 3 aromatic rings. The molecule has 1 N–H and O–H groups in total. The smallest absolute Gasteiger partial charge is 0.255 e. The molecule has 1 unspecified atom stereocenters. The molecule has 6 nitrogen and oxygen atoms in total. The molecule has 2 aromatic carbocycles. The summed E-state index contributed by atoms with van der Waals surface area (Å²) in [5, 5.41) is 11.7. The molecule has 2 heterocycles. The first-order valence-electron chi connectivity index (χ1n) is 9.39. The molecule has 7 heteroatoms. The Bertz CT molecular complexity index is 1030. The third-order valence-corrected chi connectivity index (χ3v) is 5.87. The van der Waals surface area contributed by atoms with Crippen molar-refractivity contribution in [3.8, 4) is 11.4 Å². The van der Waals surface area contributed by atoms with E-state index in [2.05, 4.69) is 20.1 Å². The minimum Gasteiger partial charge on any atom is -0.322 e. The van der Waals surface area contributed by atoms with Crippen molar-refractivity contribution >= 4 is 22.4 Å². The summed E-state index contributed by atoms with van der Waals surface area (Å²) in [5.74, 6) is 1.68. The molecule has 4 rings (SSSR count). The summed E-state index contributed by atoms with van der Waals surface area (Å²) in [6.45, 7) is 0.930. The molecule has 1 amide bonds. The lowest BCUT2D eigenvalue weighted by Gasteiger charge is -2.10. The van der Waals surface area contributed by atoms with E-state index in [1.165, 1.54) is 6.42 Å². The molecule has 1 aromatic heterocycles. The number of fused-ring (bicyclic) bond motifs is 1. The van der Waals surface area contributed by atoms with Gasteiger partial charge in [0.1, 0.15) is 5.82 Å². The summed E-state index contributed by atoms with van der Waals surface area (Å²) in [5.41, 5.74) is 2.17. The van der Waals surface area contributed by atoms with Crippen LogP contribution in [0.2, 0.25) is 0 Å². The number of amides is 1. The molecule has 1 aliphatic heterocycles. The number of rotatable bonds is 4. The normalized spacial score (nSPS) is 14.8. The van der Waals surface area contributed by atoms with E-state index in [1.54, 1.807) is 30.5 Å². The van der Waals surface area contributed by atoms with Crippen LogP contribution in [0.3, 0.4) is 0 Å². The minimum absolute atomic E-state index is 0.203. The molecular weight excluding hydrogens is 372 g/mol. The van der Waals surface area contributed by atoms with Crippen LogP contribution in [0.5, 0.6) is 0 Å². The van der Waals surface area contributed by atoms with Gasteiger partial charge in [0.25, 0.3) is 5.91 Å². The maximum absolute atomic E-state index is 12.6. The Kier molecular flexibility index (Phi) is 5.34. The quantitative estimate of drug-likeness (QED) is 0.733. The van der Waals surface area contributed by atoms with Gasteiger partial charge in [0.15, 0.2) is 5.82 Å². The topological polar surface area (TPSA) is 76.9 Å². The van der Waals surface area contributed by atoms with Gasteiger partial charge in [-0.2, -0.15) is 0 Å². The van der Waals surface area contributed by atoms with E-state index in [9.17, 15) is 9.00 Å². The van der Waals surface area contributed by atoms with Crippen LogP contribution in [0.25, 0.3) is 11.4 Å². The number of benzene rings is 2. The highest BCUT2D eigenvalue weighted by molar-refractivity contribution is 7.84. The zero-order valence-electron chi connectivity index (χ0n) is 15.7. The molecule has 0 saturated carbocycles. The fraction of sp³-hybridized carbons (Fsp3) is 0.286. The number of hydrogen-bond donors (Lipinski definition) is 1. The number of aromatic nitrogens is 3. The number of aryl methyl sites for hydroxylation is 1. The van der Waals surface area contributed by atoms with Gasteiger partial charge in [0, 0.05) is 51.7 Å². The molecule has 0 fully saturated rings. The van der Waals surface area contributed by atoms with Crippen LogP contribution in [0, 0.1) is 0 Å². The fourth-order valence-corrected chi connectivity index (χ4v) is 3.96. The highest BCUT2D eigenvalue weighted by Crippen LogP contribution is 2.25. The first-order valence-corrected chi connectivity index (χ1v) is 10.9. The van der Waals surface area contributed by atoms with Gasteiger partial charge in [0.05, 0.1) is 0 Å². The molecule has 0 spiro atoms. The van der Waals surface area contributed by atoms with Gasteiger partial charge in [-0.05, 0) is 49.2 Å². The van der Waals surface area contributed by atoms with Crippen LogP contribution in [0.4, 0.5) is 5.69 Å². The standard InChI is InChI=1S/C21H22N4O2S/c1-28(27)18-11-9-15(10-12-18)21(26)22-17-7-5-6-16(14-17)20-24-23-19-8-3-2-4-13-25(19)20/h5-7,9-12,14H,2-4,8,13H2,1H3,(H,22,26). The Balaban J connectivity index is 1.55. The third-order valence-electron chi connectivity index (χ3n) is 4.94. The highest BCUT2D eigenvalue weighted by Gasteiger charge is 2.16. The van der Waals surface area contributed by atoms with E-state index in [-0.39, 0.29) is 5.91 Å². The SMILES string of the molecule is CS(=O)c1ccc(C(=O)Nc2cccc(-c3nnc4n3CCCCC4)c2)cc1. The van der Waals surface area contributed by atoms with Gasteiger partial charge in [-0.25, -0.2) is 0 Å². The molecule has 0 radical (unpaired) electrons. The summed E-state index contributed by atoms with van der Waals surface area (Å²) >= 11 is 0. The van der Waals surface area contributed by atoms with Crippen LogP contribution < -0.4 is 5.32 Å². The number of hydrogen-bond acceptors (Lipinski definition) is 4. The van der Waals surface area contributed by atoms with Gasteiger partial charge in [-0.3, -0.25) is 9.00 Å². The van der Waals surface area contributed by atoms with Crippen molar-refractivity contribution in [1.82, 2.24) is 14.8 Å². The highest BCUT2D eigenvalue weighted by atomic mass is 32.2. The lowest BCUT2D eigenvalue weighted by Crippen LogP contribution is -2.12. The first-order chi connectivity index (χ1) is 13.6. The monoisotopic (exact) mass is 394 g/mol. The summed E-state index contributed by atoms with van der Waals surface area (Å²) in [6.07, 6.45) is 6.07. The lowest BCUT2D eigenvalue weighted by molar-refractivity contribution is 0.102. The maximum atomic E-state index is 12.6. The lowest BCUT2D eigenvalue weighted by atomic mass is 10.1. The summed E-state index contributed by atoms with van der Waals surface area (Å²) < 4.78 is 13.7. The van der Waals surface area contributed by atoms with E-state index < -0.39 is 10.8 Å². The Morgan fingerprint density at radius 3 is 2.68 bits per heavy atom. The summed E-state index contributed by atoms with van der Waals surface area (Å²) in [4.78, 5) is 13.3. The minimum atomic E-state index is -1.06. The average molecular weight is 395 g/mol. The first kappa shape index (κ1) is 18.6. The molecule has 0 aliphatic carbocycles. The Morgan fingerprint density at radius 1 is 1.07 bits per heavy atom. The van der Waals surface area contributed by atoms with Crippen molar-refractivity contribution in [1.29, 1.82) is 0 Å². The van der Waals surface area contributed by atoms with E-state index >= 15 is 0 Å². The molecule has 1 atom stereocenters. The largest absolute Gasteiger partial charge is 0.322 e. The van der Waals surface area contributed by atoms with E-state index in [1.807, 2.05) is 24.3 Å². The van der Waals surface area contributed by atoms with Gasteiger partial charge in [0.2, 0.25) is 0 Å². The summed E-state index contributed by atoms with van der Waals surface area (Å²) in [6, 6.07) is 14.5. The van der Waals surface area contributed by atoms with Crippen LogP contribution >= 0.6 is 0 Å². The van der Waals surface area contributed by atoms with E-state index in [4.69, 9.17) is 0 Å². The number of carbonyl (C=O) groups excluding carboxylic acids is 1. The van der Waals surface area contributed by atoms with Gasteiger partial charge in [-0.15, -0.1) is 10.2 Å². The van der Waals surface area contributed by atoms with E-state index in [0.717, 1.165) is 43.0 Å². The number of carbonyl (C=O) groups is 1. The predicted molar refractivity (Wildman–Crippen MR) is 110 cm³/mol. The zero-order chi connectivity index (χ0) is 19.5. The zero-order valence-corrected chi connectivity index (χ0v) is 16.5. The van der Waals surface area contributed by atoms with Gasteiger partial charge in [-0.1, -0.05) is 18.6 Å². The number of nitrogens with one attached hydrogen (secondary N) is 1. The third kappa shape index (κ3) is 3.89. The second-order valence-corrected chi connectivity index (χ2v) is 8.30. The fourth-order valence-electron chi connectivity index (χ4n) is 3.44. The Labute approximate surface area is 166 Å². The number of anilines is 1. The van der Waals surface area contributed by atoms with E-state index in [0.29, 0.717) is 16.1 Å². The molecule has 0 saturated heterocycles. The molecular formula is C21H22N4O2S. The average Bonchev–Trinajstić information content (AvgIpc) is 2.96. The Hall–Kier alpha value is -2.80. The second-order valence-electron chi connectivity index (χ2n) is 6.92. The molecule has 144 valence electrons.